The van der Waals surface area contributed by atoms with E-state index >= 15 is 0 Å². The first-order chi connectivity index (χ1) is 11.1. The van der Waals surface area contributed by atoms with Gasteiger partial charge in [-0.05, 0) is 37.3 Å². The van der Waals surface area contributed by atoms with Crippen molar-refractivity contribution in [3.05, 3.63) is 65.1 Å². The maximum absolute atomic E-state index is 12.1. The number of furan rings is 1. The monoisotopic (exact) mass is 311 g/mol. The summed E-state index contributed by atoms with van der Waals surface area (Å²) in [5.41, 5.74) is 0.630. The zero-order valence-corrected chi connectivity index (χ0v) is 12.3. The highest BCUT2D eigenvalue weighted by Gasteiger charge is 2.35. The lowest BCUT2D eigenvalue weighted by Gasteiger charge is -2.12. The molecular formula is C17H13NO5. The molecule has 0 radical (unpaired) electrons. The number of amides is 2. The molecule has 0 saturated carbocycles. The first-order valence-corrected chi connectivity index (χ1v) is 6.93. The van der Waals surface area contributed by atoms with E-state index in [0.717, 1.165) is 10.7 Å². The van der Waals surface area contributed by atoms with Gasteiger partial charge in [0.1, 0.15) is 11.5 Å². The Bertz CT molecular complexity index is 783. The number of imide groups is 1. The standard InChI is InChI=1S/C17H13NO5/c1-11-6-7-12(23-11)8-9-15(19)22-10-18-16(20)13-4-2-3-5-14(13)17(18)21/h2-9H,10H2,1H3. The third-order valence-electron chi connectivity index (χ3n) is 3.36. The molecular weight excluding hydrogens is 298 g/mol. The third-order valence-corrected chi connectivity index (χ3v) is 3.36. The van der Waals surface area contributed by atoms with Crippen LogP contribution in [0.25, 0.3) is 6.08 Å². The Morgan fingerprint density at radius 3 is 2.35 bits per heavy atom. The Morgan fingerprint density at radius 1 is 1.13 bits per heavy atom. The van der Waals surface area contributed by atoms with Crippen LogP contribution in [0.1, 0.15) is 32.2 Å². The number of hydrogen-bond donors (Lipinski definition) is 0. The predicted molar refractivity (Wildman–Crippen MR) is 80.4 cm³/mol. The van der Waals surface area contributed by atoms with Gasteiger partial charge in [-0.15, -0.1) is 0 Å². The third kappa shape index (κ3) is 2.91. The highest BCUT2D eigenvalue weighted by Crippen LogP contribution is 2.22. The number of rotatable bonds is 4. The first-order valence-electron chi connectivity index (χ1n) is 6.93. The van der Waals surface area contributed by atoms with Crippen molar-refractivity contribution in [2.45, 2.75) is 6.92 Å². The van der Waals surface area contributed by atoms with Crippen molar-refractivity contribution in [3.63, 3.8) is 0 Å². The van der Waals surface area contributed by atoms with E-state index in [9.17, 15) is 14.4 Å². The maximum atomic E-state index is 12.1. The second kappa shape index (κ2) is 5.92. The van der Waals surface area contributed by atoms with Crippen LogP contribution in [0.5, 0.6) is 0 Å². The Labute approximate surface area is 131 Å². The molecule has 0 N–H and O–H groups in total. The second-order valence-electron chi connectivity index (χ2n) is 4.96. The Hall–Kier alpha value is -3.15. The SMILES string of the molecule is Cc1ccc(C=CC(=O)OCN2C(=O)c3ccccc3C2=O)o1. The van der Waals surface area contributed by atoms with Gasteiger partial charge >= 0.3 is 5.97 Å². The molecule has 2 aromatic rings. The van der Waals surface area contributed by atoms with Gasteiger partial charge in [0.25, 0.3) is 11.8 Å². The topological polar surface area (TPSA) is 76.8 Å². The van der Waals surface area contributed by atoms with Crippen molar-refractivity contribution >= 4 is 23.9 Å². The number of fused-ring (bicyclic) bond motifs is 1. The smallest absolute Gasteiger partial charge is 0.332 e. The quantitative estimate of drug-likeness (QED) is 0.492. The van der Waals surface area contributed by atoms with Crippen molar-refractivity contribution in [1.82, 2.24) is 4.90 Å². The van der Waals surface area contributed by atoms with Gasteiger partial charge < -0.3 is 9.15 Å². The Balaban J connectivity index is 1.61. The summed E-state index contributed by atoms with van der Waals surface area (Å²) in [7, 11) is 0. The molecule has 6 heteroatoms. The van der Waals surface area contributed by atoms with Crippen molar-refractivity contribution in [3.8, 4) is 0 Å². The molecule has 1 aliphatic heterocycles. The summed E-state index contributed by atoms with van der Waals surface area (Å²) in [5.74, 6) is -0.368. The summed E-state index contributed by atoms with van der Waals surface area (Å²) in [6.07, 6.45) is 2.63. The lowest BCUT2D eigenvalue weighted by atomic mass is 10.1. The van der Waals surface area contributed by atoms with Gasteiger partial charge in [-0.2, -0.15) is 0 Å². The fourth-order valence-corrected chi connectivity index (χ4v) is 2.23. The molecule has 23 heavy (non-hydrogen) atoms. The van der Waals surface area contributed by atoms with Crippen LogP contribution in [0, 0.1) is 6.92 Å². The lowest BCUT2D eigenvalue weighted by Crippen LogP contribution is -2.32. The van der Waals surface area contributed by atoms with Gasteiger partial charge in [-0.25, -0.2) is 9.69 Å². The van der Waals surface area contributed by atoms with Gasteiger partial charge in [0.2, 0.25) is 0 Å². The number of esters is 1. The number of carbonyl (C=O) groups excluding carboxylic acids is 3. The Morgan fingerprint density at radius 2 is 1.78 bits per heavy atom. The fourth-order valence-electron chi connectivity index (χ4n) is 2.23. The van der Waals surface area contributed by atoms with Crippen LogP contribution < -0.4 is 0 Å². The molecule has 6 nitrogen and oxygen atoms in total. The van der Waals surface area contributed by atoms with E-state index in [2.05, 4.69) is 0 Å². The summed E-state index contributed by atoms with van der Waals surface area (Å²) < 4.78 is 10.2. The van der Waals surface area contributed by atoms with Gasteiger partial charge in [-0.3, -0.25) is 9.59 Å². The van der Waals surface area contributed by atoms with E-state index in [1.807, 2.05) is 0 Å². The van der Waals surface area contributed by atoms with Crippen LogP contribution in [-0.2, 0) is 9.53 Å². The summed E-state index contributed by atoms with van der Waals surface area (Å²) in [6, 6.07) is 9.96. The zero-order chi connectivity index (χ0) is 16.4. The molecule has 116 valence electrons. The number of aryl methyl sites for hydroxylation is 1. The summed E-state index contributed by atoms with van der Waals surface area (Å²) in [5, 5.41) is 0. The number of nitrogens with zero attached hydrogens (tertiary/aromatic N) is 1. The molecule has 3 rings (SSSR count). The van der Waals surface area contributed by atoms with Crippen LogP contribution in [0.2, 0.25) is 0 Å². The number of carbonyl (C=O) groups is 3. The molecule has 0 atom stereocenters. The van der Waals surface area contributed by atoms with Crippen LogP contribution >= 0.6 is 0 Å². The molecule has 2 amide bonds. The number of ether oxygens (including phenoxy) is 1. The van der Waals surface area contributed by atoms with Crippen molar-refractivity contribution in [2.24, 2.45) is 0 Å². The van der Waals surface area contributed by atoms with E-state index in [4.69, 9.17) is 9.15 Å². The molecule has 0 unspecified atom stereocenters. The molecule has 1 aromatic heterocycles. The largest absolute Gasteiger partial charge is 0.462 e. The lowest BCUT2D eigenvalue weighted by molar-refractivity contribution is -0.140. The highest BCUT2D eigenvalue weighted by atomic mass is 16.5. The average molecular weight is 311 g/mol. The minimum atomic E-state index is -0.671. The molecule has 1 aromatic carbocycles. The molecule has 0 bridgehead atoms. The minimum absolute atomic E-state index is 0.315. The minimum Gasteiger partial charge on any atom is -0.462 e. The van der Waals surface area contributed by atoms with Crippen molar-refractivity contribution < 1.29 is 23.5 Å². The molecule has 0 fully saturated rings. The van der Waals surface area contributed by atoms with Crippen molar-refractivity contribution in [2.75, 3.05) is 6.73 Å². The summed E-state index contributed by atoms with van der Waals surface area (Å²) >= 11 is 0. The van der Waals surface area contributed by atoms with Crippen LogP contribution in [0.4, 0.5) is 0 Å². The van der Waals surface area contributed by atoms with E-state index in [1.54, 1.807) is 43.3 Å². The first kappa shape index (κ1) is 14.8. The number of benzene rings is 1. The molecule has 0 aliphatic carbocycles. The molecule has 2 heterocycles. The van der Waals surface area contributed by atoms with Crippen LogP contribution in [-0.4, -0.2) is 29.4 Å². The summed E-state index contributed by atoms with van der Waals surface area (Å²) in [6.45, 7) is 1.37. The number of hydrogen-bond acceptors (Lipinski definition) is 5. The van der Waals surface area contributed by atoms with Crippen LogP contribution in [0.3, 0.4) is 0 Å². The zero-order valence-electron chi connectivity index (χ0n) is 12.3. The average Bonchev–Trinajstić information content (AvgIpc) is 3.07. The van der Waals surface area contributed by atoms with Crippen LogP contribution in [0.15, 0.2) is 46.9 Å². The highest BCUT2D eigenvalue weighted by molar-refractivity contribution is 6.21. The molecule has 0 saturated heterocycles. The van der Waals surface area contributed by atoms with E-state index in [-0.39, 0.29) is 0 Å². The van der Waals surface area contributed by atoms with E-state index in [0.29, 0.717) is 16.9 Å². The molecule has 0 spiro atoms. The summed E-state index contributed by atoms with van der Waals surface area (Å²) in [4.78, 5) is 36.7. The maximum Gasteiger partial charge on any atom is 0.332 e. The van der Waals surface area contributed by atoms with Gasteiger partial charge in [0.05, 0.1) is 11.1 Å². The normalized spacial score (nSPS) is 13.7. The van der Waals surface area contributed by atoms with Gasteiger partial charge in [0.15, 0.2) is 6.73 Å². The molecule has 1 aliphatic rings. The van der Waals surface area contributed by atoms with Gasteiger partial charge in [0, 0.05) is 6.08 Å². The second-order valence-corrected chi connectivity index (χ2v) is 4.96. The van der Waals surface area contributed by atoms with Gasteiger partial charge in [-0.1, -0.05) is 12.1 Å². The van der Waals surface area contributed by atoms with E-state index in [1.165, 1.54) is 12.2 Å². The fraction of sp³-hybridized carbons (Fsp3) is 0.118. The Kier molecular flexibility index (Phi) is 3.80. The predicted octanol–water partition coefficient (Wildman–Crippen LogP) is 2.40. The van der Waals surface area contributed by atoms with Crippen molar-refractivity contribution in [1.29, 1.82) is 0 Å². The van der Waals surface area contributed by atoms with E-state index < -0.39 is 24.5 Å².